The summed E-state index contributed by atoms with van der Waals surface area (Å²) in [6.45, 7) is 3.55. The van der Waals surface area contributed by atoms with Crippen molar-refractivity contribution < 1.29 is 23.5 Å². The summed E-state index contributed by atoms with van der Waals surface area (Å²) < 4.78 is 15.8. The second-order valence-electron chi connectivity index (χ2n) is 7.15. The number of carbonyl (C=O) groups excluding carboxylic acids is 2. The molecule has 1 N–H and O–H groups in total. The average Bonchev–Trinajstić information content (AvgIpc) is 2.77. The number of hydrogen-bond donors (Lipinski definition) is 1. The lowest BCUT2D eigenvalue weighted by molar-refractivity contribution is -0.133. The minimum atomic E-state index is -0.720. The molecule has 0 unspecified atom stereocenters. The number of aryl methyl sites for hydroxylation is 2. The zero-order chi connectivity index (χ0) is 22.2. The number of rotatable bonds is 8. The van der Waals surface area contributed by atoms with E-state index in [0.717, 1.165) is 35.8 Å². The van der Waals surface area contributed by atoms with E-state index in [9.17, 15) is 14.4 Å². The fourth-order valence-corrected chi connectivity index (χ4v) is 3.17. The lowest BCUT2D eigenvalue weighted by Gasteiger charge is -2.12. The third-order valence-corrected chi connectivity index (χ3v) is 4.81. The summed E-state index contributed by atoms with van der Waals surface area (Å²) in [5, 5.41) is 3.19. The molecule has 7 nitrogen and oxygen atoms in total. The van der Waals surface area contributed by atoms with Crippen molar-refractivity contribution in [1.82, 2.24) is 5.32 Å². The van der Waals surface area contributed by atoms with Crippen LogP contribution in [0.2, 0.25) is 0 Å². The number of alkyl carbamates (subject to hydrolysis) is 1. The van der Waals surface area contributed by atoms with Gasteiger partial charge in [0.1, 0.15) is 24.5 Å². The normalized spacial score (nSPS) is 10.6. The van der Waals surface area contributed by atoms with Gasteiger partial charge >= 0.3 is 17.7 Å². The lowest BCUT2D eigenvalue weighted by Crippen LogP contribution is -2.32. The molecule has 0 radical (unpaired) electrons. The molecule has 3 rings (SSSR count). The summed E-state index contributed by atoms with van der Waals surface area (Å²) in [5.74, 6) is -0.392. The molecule has 3 aromatic rings. The van der Waals surface area contributed by atoms with Gasteiger partial charge in [0.15, 0.2) is 0 Å². The number of amides is 1. The molecule has 2 aromatic carbocycles. The van der Waals surface area contributed by atoms with Gasteiger partial charge in [-0.3, -0.25) is 0 Å². The minimum absolute atomic E-state index is 0.102. The van der Waals surface area contributed by atoms with Crippen molar-refractivity contribution in [1.29, 1.82) is 0 Å². The van der Waals surface area contributed by atoms with Crippen LogP contribution in [0.4, 0.5) is 4.79 Å². The number of esters is 1. The summed E-state index contributed by atoms with van der Waals surface area (Å²) in [7, 11) is 0. The first-order valence-corrected chi connectivity index (χ1v) is 10.2. The highest BCUT2D eigenvalue weighted by molar-refractivity contribution is 5.86. The first-order chi connectivity index (χ1) is 15.0. The molecule has 0 aliphatic carbocycles. The Bertz CT molecular complexity index is 1120. The van der Waals surface area contributed by atoms with E-state index in [0.29, 0.717) is 11.1 Å². The first kappa shape index (κ1) is 22.1. The number of fused-ring (bicyclic) bond motifs is 1. The zero-order valence-electron chi connectivity index (χ0n) is 17.6. The zero-order valence-corrected chi connectivity index (χ0v) is 17.6. The van der Waals surface area contributed by atoms with E-state index in [1.165, 1.54) is 6.07 Å². The molecule has 0 aliphatic rings. The number of hydrogen-bond acceptors (Lipinski definition) is 6. The Morgan fingerprint density at radius 1 is 1.10 bits per heavy atom. The molecule has 1 heterocycles. The summed E-state index contributed by atoms with van der Waals surface area (Å²) in [6, 6.07) is 14.2. The lowest BCUT2D eigenvalue weighted by atomic mass is 10.0. The van der Waals surface area contributed by atoms with Crippen molar-refractivity contribution >= 4 is 23.0 Å². The third-order valence-electron chi connectivity index (χ3n) is 4.81. The van der Waals surface area contributed by atoms with Gasteiger partial charge in [-0.05, 0) is 43.0 Å². The van der Waals surface area contributed by atoms with E-state index < -0.39 is 17.7 Å². The van der Waals surface area contributed by atoms with Crippen LogP contribution in [0.15, 0.2) is 57.7 Å². The van der Waals surface area contributed by atoms with Crippen molar-refractivity contribution in [3.63, 3.8) is 0 Å². The monoisotopic (exact) mass is 423 g/mol. The standard InChI is InChI=1S/C24H25NO6/c1-3-4-10-18-13-21(26)31-23-16(2)20(12-11-19(18)23)30-22(27)14-25-24(28)29-15-17-8-6-5-7-9-17/h5-9,11-13H,3-4,10,14-15H2,1-2H3,(H,25,28). The highest BCUT2D eigenvalue weighted by atomic mass is 16.6. The van der Waals surface area contributed by atoms with E-state index in [1.54, 1.807) is 19.1 Å². The SMILES string of the molecule is CCCCc1cc(=O)oc2c(C)c(OC(=O)CNC(=O)OCc3ccccc3)ccc12. The van der Waals surface area contributed by atoms with Crippen molar-refractivity contribution in [2.24, 2.45) is 0 Å². The van der Waals surface area contributed by atoms with Crippen LogP contribution in [-0.2, 0) is 22.6 Å². The van der Waals surface area contributed by atoms with Gasteiger partial charge in [-0.1, -0.05) is 43.7 Å². The van der Waals surface area contributed by atoms with E-state index in [4.69, 9.17) is 13.9 Å². The Morgan fingerprint density at radius 2 is 1.87 bits per heavy atom. The molecule has 0 aliphatic heterocycles. The Balaban J connectivity index is 1.61. The summed E-state index contributed by atoms with van der Waals surface area (Å²) in [5.41, 5.74) is 2.27. The van der Waals surface area contributed by atoms with Crippen molar-refractivity contribution in [2.75, 3.05) is 6.54 Å². The van der Waals surface area contributed by atoms with Crippen LogP contribution < -0.4 is 15.7 Å². The van der Waals surface area contributed by atoms with Crippen LogP contribution in [0, 0.1) is 6.92 Å². The van der Waals surface area contributed by atoms with Crippen LogP contribution in [0.5, 0.6) is 5.75 Å². The van der Waals surface area contributed by atoms with Crippen LogP contribution in [0.25, 0.3) is 11.0 Å². The molecular formula is C24H25NO6. The first-order valence-electron chi connectivity index (χ1n) is 10.2. The maximum Gasteiger partial charge on any atom is 0.407 e. The highest BCUT2D eigenvalue weighted by Gasteiger charge is 2.15. The number of benzene rings is 2. The van der Waals surface area contributed by atoms with Crippen molar-refractivity contribution in [3.05, 3.63) is 75.6 Å². The summed E-state index contributed by atoms with van der Waals surface area (Å²) in [6.07, 6.45) is 2.02. The van der Waals surface area contributed by atoms with Crippen LogP contribution in [0.3, 0.4) is 0 Å². The van der Waals surface area contributed by atoms with Gasteiger partial charge in [0, 0.05) is 17.0 Å². The average molecular weight is 423 g/mol. The third kappa shape index (κ3) is 5.94. The van der Waals surface area contributed by atoms with Crippen LogP contribution >= 0.6 is 0 Å². The largest absolute Gasteiger partial charge is 0.445 e. The van der Waals surface area contributed by atoms with Gasteiger partial charge < -0.3 is 19.2 Å². The molecule has 0 saturated heterocycles. The predicted molar refractivity (Wildman–Crippen MR) is 116 cm³/mol. The second kappa shape index (κ2) is 10.4. The van der Waals surface area contributed by atoms with Crippen LogP contribution in [-0.4, -0.2) is 18.6 Å². The molecule has 7 heteroatoms. The molecule has 162 valence electrons. The molecule has 0 spiro atoms. The molecule has 1 aromatic heterocycles. The van der Waals surface area contributed by atoms with Gasteiger partial charge in [-0.25, -0.2) is 14.4 Å². The fraction of sp³-hybridized carbons (Fsp3) is 0.292. The molecule has 1 amide bonds. The smallest absolute Gasteiger partial charge is 0.407 e. The maximum absolute atomic E-state index is 12.2. The van der Waals surface area contributed by atoms with Gasteiger partial charge in [-0.2, -0.15) is 0 Å². The predicted octanol–water partition coefficient (Wildman–Crippen LogP) is 4.28. The molecule has 0 saturated carbocycles. The number of unbranched alkanes of at least 4 members (excludes halogenated alkanes) is 1. The Hall–Kier alpha value is -3.61. The molecule has 0 bridgehead atoms. The van der Waals surface area contributed by atoms with E-state index in [-0.39, 0.29) is 18.9 Å². The minimum Gasteiger partial charge on any atom is -0.445 e. The van der Waals surface area contributed by atoms with E-state index in [1.807, 2.05) is 30.3 Å². The van der Waals surface area contributed by atoms with E-state index >= 15 is 0 Å². The Morgan fingerprint density at radius 3 is 2.61 bits per heavy atom. The molecule has 0 atom stereocenters. The molecule has 31 heavy (non-hydrogen) atoms. The fourth-order valence-electron chi connectivity index (χ4n) is 3.17. The van der Waals surface area contributed by atoms with Gasteiger partial charge in [0.2, 0.25) is 0 Å². The van der Waals surface area contributed by atoms with E-state index in [2.05, 4.69) is 12.2 Å². The van der Waals surface area contributed by atoms with Gasteiger partial charge in [0.25, 0.3) is 0 Å². The number of ether oxygens (including phenoxy) is 2. The number of carbonyl (C=O) groups is 2. The maximum atomic E-state index is 12.2. The van der Waals surface area contributed by atoms with Crippen molar-refractivity contribution in [2.45, 2.75) is 39.7 Å². The summed E-state index contributed by atoms with van der Waals surface area (Å²) in [4.78, 5) is 35.9. The molecular weight excluding hydrogens is 398 g/mol. The van der Waals surface area contributed by atoms with Gasteiger partial charge in [-0.15, -0.1) is 0 Å². The summed E-state index contributed by atoms with van der Waals surface area (Å²) >= 11 is 0. The topological polar surface area (TPSA) is 94.8 Å². The quantitative estimate of drug-likeness (QED) is 0.330. The molecule has 0 fully saturated rings. The van der Waals surface area contributed by atoms with Crippen LogP contribution in [0.1, 0.15) is 36.5 Å². The highest BCUT2D eigenvalue weighted by Crippen LogP contribution is 2.29. The Kier molecular flexibility index (Phi) is 7.43. The van der Waals surface area contributed by atoms with Crippen molar-refractivity contribution in [3.8, 4) is 5.75 Å². The second-order valence-corrected chi connectivity index (χ2v) is 7.15. The number of nitrogens with one attached hydrogen (secondary N) is 1. The van der Waals surface area contributed by atoms with Gasteiger partial charge in [0.05, 0.1) is 0 Å². The Labute approximate surface area is 180 Å².